The molecule has 44 heavy (non-hydrogen) atoms. The van der Waals surface area contributed by atoms with Crippen molar-refractivity contribution >= 4 is 40.3 Å². The number of aromatic nitrogens is 1. The van der Waals surface area contributed by atoms with E-state index < -0.39 is 5.97 Å². The molecule has 3 aromatic carbocycles. The van der Waals surface area contributed by atoms with Gasteiger partial charge in [0.25, 0.3) is 11.8 Å². The lowest BCUT2D eigenvalue weighted by atomic mass is 9.92. The molecule has 6 rings (SSSR count). The third-order valence-electron chi connectivity index (χ3n) is 8.69. The van der Waals surface area contributed by atoms with E-state index in [0.717, 1.165) is 16.6 Å². The van der Waals surface area contributed by atoms with Gasteiger partial charge in [-0.15, -0.1) is 0 Å². The molecule has 0 spiro atoms. The summed E-state index contributed by atoms with van der Waals surface area (Å²) in [5, 5.41) is 3.57. The van der Waals surface area contributed by atoms with Crippen LogP contribution in [0.5, 0.6) is 5.75 Å². The van der Waals surface area contributed by atoms with Crippen molar-refractivity contribution in [3.05, 3.63) is 94.2 Å². The number of hydrogen-bond donors (Lipinski definition) is 1. The summed E-state index contributed by atoms with van der Waals surface area (Å²) in [5.74, 6) is -1.05. The van der Waals surface area contributed by atoms with E-state index in [1.54, 1.807) is 37.3 Å². The van der Waals surface area contributed by atoms with E-state index in [0.29, 0.717) is 52.2 Å². The first-order chi connectivity index (χ1) is 21.2. The topological polar surface area (TPSA) is 110 Å². The van der Waals surface area contributed by atoms with Crippen LogP contribution in [0.2, 0.25) is 0 Å². The first-order valence-electron chi connectivity index (χ1n) is 14.6. The van der Waals surface area contributed by atoms with E-state index in [-0.39, 0.29) is 43.5 Å². The van der Waals surface area contributed by atoms with Crippen LogP contribution < -0.4 is 10.1 Å². The highest BCUT2D eigenvalue weighted by molar-refractivity contribution is 6.21. The smallest absolute Gasteiger partial charge is 0.340 e. The summed E-state index contributed by atoms with van der Waals surface area (Å²) in [6.45, 7) is 4.45. The Hall–Kier alpha value is -4.96. The number of imide groups is 1. The van der Waals surface area contributed by atoms with Crippen molar-refractivity contribution in [3.8, 4) is 5.75 Å². The fourth-order valence-electron chi connectivity index (χ4n) is 6.43. The average molecular weight is 595 g/mol. The molecule has 0 bridgehead atoms. The molecule has 1 atom stereocenters. The molecule has 2 aliphatic rings. The molecule has 2 aliphatic heterocycles. The maximum absolute atomic E-state index is 13.8. The van der Waals surface area contributed by atoms with E-state index in [1.165, 1.54) is 12.0 Å². The number of aryl methyl sites for hydroxylation is 1. The lowest BCUT2D eigenvalue weighted by Gasteiger charge is -2.38. The summed E-state index contributed by atoms with van der Waals surface area (Å²) in [7, 11) is 3.36. The Morgan fingerprint density at radius 3 is 2.34 bits per heavy atom. The maximum Gasteiger partial charge on any atom is 0.340 e. The van der Waals surface area contributed by atoms with Gasteiger partial charge >= 0.3 is 5.97 Å². The Kier molecular flexibility index (Phi) is 7.69. The van der Waals surface area contributed by atoms with Gasteiger partial charge in [-0.05, 0) is 55.7 Å². The maximum atomic E-state index is 13.8. The highest BCUT2D eigenvalue weighted by atomic mass is 16.5. The predicted molar refractivity (Wildman–Crippen MR) is 165 cm³/mol. The molecule has 0 radical (unpaired) electrons. The Morgan fingerprint density at radius 1 is 0.977 bits per heavy atom. The first kappa shape index (κ1) is 29.1. The number of hydrogen-bond acceptors (Lipinski definition) is 7. The van der Waals surface area contributed by atoms with Crippen LogP contribution >= 0.6 is 0 Å². The first-order valence-corrected chi connectivity index (χ1v) is 14.6. The standard InChI is InChI=1S/C34H34N4O6/c1-5-44-34(42)29-20(2)36(3)25-14-15-27(43-4)31(30(25)29)35-28(39)19-37-17-16-21-10-6-7-11-22(21)26(37)18-38-32(40)23-12-8-9-13-24(23)33(38)41/h6-15,26H,5,16-19H2,1-4H3,(H,35,39)/t26-/m0/s1. The van der Waals surface area contributed by atoms with Crippen molar-refractivity contribution < 1.29 is 28.7 Å². The Morgan fingerprint density at radius 2 is 1.66 bits per heavy atom. The van der Waals surface area contributed by atoms with Gasteiger partial charge in [0.2, 0.25) is 5.91 Å². The Balaban J connectivity index is 1.32. The molecule has 4 aromatic rings. The number of nitrogens with one attached hydrogen (secondary N) is 1. The molecule has 1 aromatic heterocycles. The number of methoxy groups -OCH3 is 1. The number of carbonyl (C=O) groups excluding carboxylic acids is 4. The minimum absolute atomic E-state index is 0.0116. The van der Waals surface area contributed by atoms with Crippen molar-refractivity contribution in [1.29, 1.82) is 0 Å². The molecule has 0 saturated carbocycles. The highest BCUT2D eigenvalue weighted by Gasteiger charge is 2.39. The lowest BCUT2D eigenvalue weighted by Crippen LogP contribution is -2.46. The van der Waals surface area contributed by atoms with E-state index >= 15 is 0 Å². The molecular weight excluding hydrogens is 560 g/mol. The van der Waals surface area contributed by atoms with E-state index in [1.807, 2.05) is 53.8 Å². The van der Waals surface area contributed by atoms with Gasteiger partial charge < -0.3 is 19.4 Å². The zero-order valence-corrected chi connectivity index (χ0v) is 25.2. The van der Waals surface area contributed by atoms with Crippen LogP contribution in [-0.2, 0) is 23.0 Å². The third kappa shape index (κ3) is 4.81. The summed E-state index contributed by atoms with van der Waals surface area (Å²) in [5.41, 5.74) is 5.09. The van der Waals surface area contributed by atoms with Crippen LogP contribution in [-0.4, -0.2) is 71.4 Å². The molecule has 226 valence electrons. The second-order valence-electron chi connectivity index (χ2n) is 11.0. The number of rotatable bonds is 8. The van der Waals surface area contributed by atoms with Gasteiger partial charge in [-0.2, -0.15) is 0 Å². The number of benzene rings is 3. The van der Waals surface area contributed by atoms with Crippen molar-refractivity contribution in [1.82, 2.24) is 14.4 Å². The van der Waals surface area contributed by atoms with Gasteiger partial charge in [-0.3, -0.25) is 24.2 Å². The van der Waals surface area contributed by atoms with Crippen molar-refractivity contribution in [2.45, 2.75) is 26.3 Å². The SMILES string of the molecule is CCOC(=O)c1c(C)n(C)c2ccc(OC)c(NC(=O)CN3CCc4ccccc4[C@@H]3CN3C(=O)c4ccccc4C3=O)c12. The van der Waals surface area contributed by atoms with Crippen LogP contribution in [0.4, 0.5) is 5.69 Å². The van der Waals surface area contributed by atoms with Crippen LogP contribution in [0.1, 0.15) is 60.9 Å². The number of amides is 3. The molecule has 1 N–H and O–H groups in total. The molecule has 0 aliphatic carbocycles. The fourth-order valence-corrected chi connectivity index (χ4v) is 6.43. The number of fused-ring (bicyclic) bond motifs is 3. The summed E-state index contributed by atoms with van der Waals surface area (Å²) >= 11 is 0. The monoisotopic (exact) mass is 594 g/mol. The van der Waals surface area contributed by atoms with Crippen molar-refractivity contribution in [2.24, 2.45) is 7.05 Å². The van der Waals surface area contributed by atoms with Gasteiger partial charge in [0.05, 0.1) is 54.2 Å². The van der Waals surface area contributed by atoms with Crippen LogP contribution in [0.15, 0.2) is 60.7 Å². The summed E-state index contributed by atoms with van der Waals surface area (Å²) in [6, 6.07) is 18.0. The number of carbonyl (C=O) groups is 4. The lowest BCUT2D eigenvalue weighted by molar-refractivity contribution is -0.118. The predicted octanol–water partition coefficient (Wildman–Crippen LogP) is 4.51. The van der Waals surface area contributed by atoms with Crippen LogP contribution in [0.25, 0.3) is 10.9 Å². The third-order valence-corrected chi connectivity index (χ3v) is 8.69. The molecule has 3 amide bonds. The van der Waals surface area contributed by atoms with Gasteiger partial charge in [0.15, 0.2) is 0 Å². The summed E-state index contributed by atoms with van der Waals surface area (Å²) in [4.78, 5) is 56.7. The number of nitrogens with zero attached hydrogens (tertiary/aromatic N) is 3. The number of anilines is 1. The Labute approximate surface area is 255 Å². The fraction of sp³-hybridized carbons (Fsp3) is 0.294. The molecule has 10 nitrogen and oxygen atoms in total. The largest absolute Gasteiger partial charge is 0.495 e. The normalized spacial score (nSPS) is 16.2. The molecule has 10 heteroatoms. The zero-order valence-electron chi connectivity index (χ0n) is 25.2. The Bertz CT molecular complexity index is 1790. The zero-order chi connectivity index (χ0) is 31.1. The summed E-state index contributed by atoms with van der Waals surface area (Å²) < 4.78 is 12.9. The van der Waals surface area contributed by atoms with Gasteiger partial charge in [-0.25, -0.2) is 4.79 Å². The van der Waals surface area contributed by atoms with Gasteiger partial charge in [0.1, 0.15) is 5.75 Å². The molecule has 3 heterocycles. The highest BCUT2D eigenvalue weighted by Crippen LogP contribution is 2.39. The van der Waals surface area contributed by atoms with Crippen molar-refractivity contribution in [2.75, 3.05) is 38.7 Å². The van der Waals surface area contributed by atoms with Crippen molar-refractivity contribution in [3.63, 3.8) is 0 Å². The minimum atomic E-state index is -0.479. The summed E-state index contributed by atoms with van der Waals surface area (Å²) in [6.07, 6.45) is 0.714. The minimum Gasteiger partial charge on any atom is -0.495 e. The second kappa shape index (κ2) is 11.6. The number of ether oxygens (including phenoxy) is 2. The second-order valence-corrected chi connectivity index (χ2v) is 11.0. The van der Waals surface area contributed by atoms with Gasteiger partial charge in [-0.1, -0.05) is 36.4 Å². The van der Waals surface area contributed by atoms with Gasteiger partial charge in [0, 0.05) is 31.2 Å². The molecule has 0 unspecified atom stereocenters. The van der Waals surface area contributed by atoms with Crippen LogP contribution in [0.3, 0.4) is 0 Å². The van der Waals surface area contributed by atoms with Crippen LogP contribution in [0, 0.1) is 6.92 Å². The average Bonchev–Trinajstić information content (AvgIpc) is 3.43. The van der Waals surface area contributed by atoms with E-state index in [2.05, 4.69) is 5.32 Å². The van der Waals surface area contributed by atoms with E-state index in [4.69, 9.17) is 9.47 Å². The molecule has 0 fully saturated rings. The van der Waals surface area contributed by atoms with E-state index in [9.17, 15) is 19.2 Å². The number of esters is 1. The quantitative estimate of drug-likeness (QED) is 0.236. The molecular formula is C34H34N4O6. The molecule has 0 saturated heterocycles.